The molecular formula is C24H32O8. The summed E-state index contributed by atoms with van der Waals surface area (Å²) in [6, 6.07) is 3.87. The van der Waals surface area contributed by atoms with E-state index in [4.69, 9.17) is 14.2 Å². The molecule has 32 heavy (non-hydrogen) atoms. The number of carbonyl (C=O) groups is 1. The summed E-state index contributed by atoms with van der Waals surface area (Å²) in [6.07, 6.45) is -2.34. The molecule has 0 aromatic heterocycles. The normalized spacial score (nSPS) is 43.2. The van der Waals surface area contributed by atoms with Crippen molar-refractivity contribution in [2.45, 2.75) is 82.3 Å². The van der Waals surface area contributed by atoms with Crippen LogP contribution < -0.4 is 9.47 Å². The van der Waals surface area contributed by atoms with Crippen molar-refractivity contribution in [1.82, 2.24) is 0 Å². The van der Waals surface area contributed by atoms with E-state index in [9.17, 15) is 25.2 Å². The number of aliphatic hydroxyl groups excluding tert-OH is 4. The van der Waals surface area contributed by atoms with Gasteiger partial charge >= 0.3 is 0 Å². The Morgan fingerprint density at radius 3 is 2.53 bits per heavy atom. The van der Waals surface area contributed by atoms with Crippen molar-refractivity contribution < 1.29 is 39.4 Å². The predicted octanol–water partition coefficient (Wildman–Crippen LogP) is 1.26. The first kappa shape index (κ1) is 22.1. The molecule has 1 aromatic rings. The van der Waals surface area contributed by atoms with Crippen LogP contribution in [-0.4, -0.2) is 64.2 Å². The number of fused-ring (bicyclic) bond motifs is 5. The van der Waals surface area contributed by atoms with E-state index < -0.39 is 30.9 Å². The molecule has 4 aliphatic rings. The number of Topliss-reactive ketones (excluding diaryl/α,β-unsaturated/α-hetero) is 1. The zero-order valence-corrected chi connectivity index (χ0v) is 18.4. The molecule has 8 heteroatoms. The van der Waals surface area contributed by atoms with E-state index in [0.29, 0.717) is 41.5 Å². The van der Waals surface area contributed by atoms with E-state index in [0.717, 1.165) is 37.7 Å². The lowest BCUT2D eigenvalue weighted by atomic mass is 9.55. The number of aliphatic hydroxyl groups is 4. The monoisotopic (exact) mass is 448 g/mol. The second-order valence-electron chi connectivity index (χ2n) is 10.0. The highest BCUT2D eigenvalue weighted by molar-refractivity contribution is 5.87. The molecule has 5 rings (SSSR count). The van der Waals surface area contributed by atoms with Gasteiger partial charge in [-0.3, -0.25) is 4.79 Å². The van der Waals surface area contributed by atoms with Crippen molar-refractivity contribution in [3.8, 4) is 11.5 Å². The Kier molecular flexibility index (Phi) is 5.49. The molecule has 0 spiro atoms. The summed E-state index contributed by atoms with van der Waals surface area (Å²) in [5.74, 6) is 2.55. The molecule has 0 unspecified atom stereocenters. The molecule has 2 saturated carbocycles. The second kappa shape index (κ2) is 7.95. The summed E-state index contributed by atoms with van der Waals surface area (Å²) < 4.78 is 16.6. The Balaban J connectivity index is 1.42. The molecular weight excluding hydrogens is 416 g/mol. The van der Waals surface area contributed by atoms with Crippen LogP contribution in [0.5, 0.6) is 11.5 Å². The van der Waals surface area contributed by atoms with Crippen LogP contribution >= 0.6 is 0 Å². The van der Waals surface area contributed by atoms with Crippen molar-refractivity contribution in [2.75, 3.05) is 7.11 Å². The van der Waals surface area contributed by atoms with Gasteiger partial charge in [0.05, 0.1) is 7.11 Å². The molecule has 3 fully saturated rings. The maximum atomic E-state index is 12.6. The van der Waals surface area contributed by atoms with Gasteiger partial charge in [-0.15, -0.1) is 0 Å². The van der Waals surface area contributed by atoms with Gasteiger partial charge in [0, 0.05) is 11.8 Å². The fourth-order valence-corrected chi connectivity index (χ4v) is 6.65. The fraction of sp³-hybridized carbons (Fsp3) is 0.708. The molecule has 1 aromatic carbocycles. The number of methoxy groups -OCH3 is 1. The Labute approximate surface area is 187 Å². The molecule has 1 saturated heterocycles. The zero-order valence-electron chi connectivity index (χ0n) is 18.4. The number of hydrogen-bond donors (Lipinski definition) is 4. The Morgan fingerprint density at radius 2 is 1.78 bits per heavy atom. The summed E-state index contributed by atoms with van der Waals surface area (Å²) in [4.78, 5) is 12.6. The first-order chi connectivity index (χ1) is 15.2. The van der Waals surface area contributed by atoms with Gasteiger partial charge in [0.25, 0.3) is 0 Å². The number of hydrogen-bond acceptors (Lipinski definition) is 8. The maximum absolute atomic E-state index is 12.6. The Hall–Kier alpha value is -1.71. The highest BCUT2D eigenvalue weighted by atomic mass is 16.7. The van der Waals surface area contributed by atoms with Gasteiger partial charge < -0.3 is 34.6 Å². The van der Waals surface area contributed by atoms with Crippen LogP contribution in [0.2, 0.25) is 0 Å². The predicted molar refractivity (Wildman–Crippen MR) is 112 cm³/mol. The third-order valence-electron chi connectivity index (χ3n) is 8.51. The number of ether oxygens (including phenoxy) is 3. The topological polar surface area (TPSA) is 126 Å². The van der Waals surface area contributed by atoms with Gasteiger partial charge in [0.15, 0.2) is 17.8 Å². The first-order valence-electron chi connectivity index (χ1n) is 11.5. The van der Waals surface area contributed by atoms with Crippen molar-refractivity contribution in [3.05, 3.63) is 23.3 Å². The molecule has 3 aliphatic carbocycles. The smallest absolute Gasteiger partial charge is 0.231 e. The SMILES string of the molecule is COc1cc2c(cc1O[C@@H]1O[C@H](O)[C@@H](O)[C@H](O)[C@H]1O)CC[C@@H]1[C@@H]2CC[C@]2(C)C(=O)CC[C@@H]12. The van der Waals surface area contributed by atoms with Gasteiger partial charge in [-0.05, 0) is 73.1 Å². The number of aryl methyl sites for hydroxylation is 1. The van der Waals surface area contributed by atoms with Gasteiger partial charge in [0.2, 0.25) is 6.29 Å². The van der Waals surface area contributed by atoms with Crippen molar-refractivity contribution in [1.29, 1.82) is 0 Å². The van der Waals surface area contributed by atoms with Crippen molar-refractivity contribution in [3.63, 3.8) is 0 Å². The quantitative estimate of drug-likeness (QED) is 0.545. The highest BCUT2D eigenvalue weighted by Gasteiger charge is 2.54. The third kappa shape index (κ3) is 3.27. The summed E-state index contributed by atoms with van der Waals surface area (Å²) in [5, 5.41) is 39.7. The molecule has 4 N–H and O–H groups in total. The number of ketones is 1. The molecule has 0 radical (unpaired) electrons. The summed E-state index contributed by atoms with van der Waals surface area (Å²) in [5.41, 5.74) is 2.20. The minimum atomic E-state index is -1.67. The minimum absolute atomic E-state index is 0.174. The standard InChI is InChI=1S/C24H32O8/c1-24-8-7-12-13(15(24)5-6-18(24)25)4-3-11-9-17(16(30-2)10-14(11)12)31-23-21(28)19(26)20(27)22(29)32-23/h9-10,12-13,15,19-23,26-29H,3-8H2,1-2H3/t12-,13+,15-,19-,20-,21+,22-,23+,24-/m0/s1. The van der Waals surface area contributed by atoms with Gasteiger partial charge in [-0.25, -0.2) is 0 Å². The van der Waals surface area contributed by atoms with Gasteiger partial charge in [-0.1, -0.05) is 6.92 Å². The molecule has 0 amide bonds. The van der Waals surface area contributed by atoms with Crippen molar-refractivity contribution in [2.24, 2.45) is 17.3 Å². The van der Waals surface area contributed by atoms with Crippen LogP contribution in [0, 0.1) is 17.3 Å². The van der Waals surface area contributed by atoms with Crippen LogP contribution in [0.3, 0.4) is 0 Å². The molecule has 176 valence electrons. The zero-order chi connectivity index (χ0) is 22.8. The average Bonchev–Trinajstić information content (AvgIpc) is 3.09. The van der Waals surface area contributed by atoms with Crippen LogP contribution in [0.15, 0.2) is 12.1 Å². The first-order valence-corrected chi connectivity index (χ1v) is 11.5. The van der Waals surface area contributed by atoms with Crippen LogP contribution in [0.4, 0.5) is 0 Å². The highest BCUT2D eigenvalue weighted by Crippen LogP contribution is 2.60. The van der Waals surface area contributed by atoms with Crippen LogP contribution in [-0.2, 0) is 16.0 Å². The fourth-order valence-electron chi connectivity index (χ4n) is 6.65. The number of benzene rings is 1. The number of rotatable bonds is 3. The van der Waals surface area contributed by atoms with Gasteiger partial charge in [-0.2, -0.15) is 0 Å². The largest absolute Gasteiger partial charge is 0.493 e. The summed E-state index contributed by atoms with van der Waals surface area (Å²) >= 11 is 0. The second-order valence-corrected chi connectivity index (χ2v) is 10.0. The lowest BCUT2D eigenvalue weighted by Crippen LogP contribution is -2.59. The molecule has 0 bridgehead atoms. The van der Waals surface area contributed by atoms with E-state index in [1.165, 1.54) is 12.7 Å². The maximum Gasteiger partial charge on any atom is 0.231 e. The minimum Gasteiger partial charge on any atom is -0.493 e. The summed E-state index contributed by atoms with van der Waals surface area (Å²) in [7, 11) is 1.54. The lowest BCUT2D eigenvalue weighted by molar-refractivity contribution is -0.321. The Bertz CT molecular complexity index is 902. The molecule has 8 nitrogen and oxygen atoms in total. The van der Waals surface area contributed by atoms with Crippen LogP contribution in [0.25, 0.3) is 0 Å². The van der Waals surface area contributed by atoms with E-state index in [1.807, 2.05) is 12.1 Å². The van der Waals surface area contributed by atoms with E-state index >= 15 is 0 Å². The average molecular weight is 449 g/mol. The van der Waals surface area contributed by atoms with Gasteiger partial charge in [0.1, 0.15) is 24.1 Å². The summed E-state index contributed by atoms with van der Waals surface area (Å²) in [6.45, 7) is 2.16. The van der Waals surface area contributed by atoms with E-state index in [-0.39, 0.29) is 5.41 Å². The molecule has 1 heterocycles. The molecule has 9 atom stereocenters. The van der Waals surface area contributed by atoms with E-state index in [2.05, 4.69) is 6.92 Å². The third-order valence-corrected chi connectivity index (χ3v) is 8.51. The Morgan fingerprint density at radius 1 is 1.00 bits per heavy atom. The van der Waals surface area contributed by atoms with Crippen molar-refractivity contribution >= 4 is 5.78 Å². The van der Waals surface area contributed by atoms with E-state index in [1.54, 1.807) is 0 Å². The lowest BCUT2D eigenvalue weighted by Gasteiger charge is -2.48. The van der Waals surface area contributed by atoms with Crippen LogP contribution in [0.1, 0.15) is 56.1 Å². The molecule has 1 aliphatic heterocycles. The number of carbonyl (C=O) groups excluding carboxylic acids is 1.